The van der Waals surface area contributed by atoms with Crippen LogP contribution < -0.4 is 5.32 Å². The van der Waals surface area contributed by atoms with E-state index in [2.05, 4.69) is 60.6 Å². The zero-order valence-electron chi connectivity index (χ0n) is 11.9. The second kappa shape index (κ2) is 5.70. The third-order valence-electron chi connectivity index (χ3n) is 3.93. The molecule has 1 aliphatic heterocycles. The molecule has 0 spiro atoms. The van der Waals surface area contributed by atoms with Crippen molar-refractivity contribution in [3.05, 3.63) is 22.4 Å². The minimum atomic E-state index is 0.163. The van der Waals surface area contributed by atoms with E-state index in [4.69, 9.17) is 0 Å². The van der Waals surface area contributed by atoms with Gasteiger partial charge in [-0.15, -0.1) is 11.3 Å². The van der Waals surface area contributed by atoms with Gasteiger partial charge in [0.1, 0.15) is 0 Å². The zero-order chi connectivity index (χ0) is 13.2. The molecule has 0 amide bonds. The van der Waals surface area contributed by atoms with Crippen LogP contribution in [0.3, 0.4) is 0 Å². The summed E-state index contributed by atoms with van der Waals surface area (Å²) in [6.07, 6.45) is 0. The van der Waals surface area contributed by atoms with Crippen LogP contribution in [0.2, 0.25) is 0 Å². The highest BCUT2D eigenvalue weighted by Crippen LogP contribution is 2.37. The molecular weight excluding hydrogens is 242 g/mol. The lowest BCUT2D eigenvalue weighted by molar-refractivity contribution is 0.0306. The molecule has 2 heterocycles. The molecule has 4 heteroatoms. The van der Waals surface area contributed by atoms with Gasteiger partial charge in [-0.25, -0.2) is 0 Å². The molecule has 0 aliphatic carbocycles. The summed E-state index contributed by atoms with van der Waals surface area (Å²) in [4.78, 5) is 6.44. The van der Waals surface area contributed by atoms with Crippen molar-refractivity contribution >= 4 is 11.3 Å². The number of nitrogens with one attached hydrogen (secondary N) is 1. The molecule has 1 aliphatic rings. The van der Waals surface area contributed by atoms with Crippen LogP contribution in [0.4, 0.5) is 0 Å². The van der Waals surface area contributed by atoms with Gasteiger partial charge in [-0.05, 0) is 39.4 Å². The highest BCUT2D eigenvalue weighted by Gasteiger charge is 2.38. The van der Waals surface area contributed by atoms with Crippen LogP contribution in [0.5, 0.6) is 0 Å². The van der Waals surface area contributed by atoms with Crippen LogP contribution in [0, 0.1) is 0 Å². The van der Waals surface area contributed by atoms with E-state index in [9.17, 15) is 0 Å². The summed E-state index contributed by atoms with van der Waals surface area (Å²) in [7, 11) is 4.38. The van der Waals surface area contributed by atoms with E-state index in [1.54, 1.807) is 0 Å². The van der Waals surface area contributed by atoms with Gasteiger partial charge in [-0.3, -0.25) is 4.90 Å². The maximum atomic E-state index is 3.44. The summed E-state index contributed by atoms with van der Waals surface area (Å²) in [5.41, 5.74) is 0.163. The Hall–Kier alpha value is -0.420. The fraction of sp³-hybridized carbons (Fsp3) is 0.714. The van der Waals surface area contributed by atoms with Crippen molar-refractivity contribution in [3.63, 3.8) is 0 Å². The van der Waals surface area contributed by atoms with Gasteiger partial charge in [-0.2, -0.15) is 0 Å². The first-order valence-electron chi connectivity index (χ1n) is 6.69. The summed E-state index contributed by atoms with van der Waals surface area (Å²) in [6, 6.07) is 4.87. The second-order valence-corrected chi connectivity index (χ2v) is 6.75. The van der Waals surface area contributed by atoms with Crippen LogP contribution in [0.15, 0.2) is 17.5 Å². The summed E-state index contributed by atoms with van der Waals surface area (Å²) in [5, 5.41) is 5.62. The molecule has 1 atom stereocenters. The molecule has 0 radical (unpaired) electrons. The van der Waals surface area contributed by atoms with Crippen molar-refractivity contribution in [2.24, 2.45) is 0 Å². The van der Waals surface area contributed by atoms with E-state index >= 15 is 0 Å². The summed E-state index contributed by atoms with van der Waals surface area (Å²) in [6.45, 7) is 9.25. The maximum absolute atomic E-state index is 3.44. The van der Waals surface area contributed by atoms with Gasteiger partial charge >= 0.3 is 0 Å². The van der Waals surface area contributed by atoms with Gasteiger partial charge in [0, 0.05) is 36.6 Å². The Balaban J connectivity index is 2.23. The Morgan fingerprint density at radius 1 is 1.33 bits per heavy atom. The van der Waals surface area contributed by atoms with E-state index < -0.39 is 0 Å². The first-order chi connectivity index (χ1) is 8.53. The fourth-order valence-corrected chi connectivity index (χ4v) is 4.19. The van der Waals surface area contributed by atoms with Crippen LogP contribution in [0.1, 0.15) is 24.8 Å². The largest absolute Gasteiger partial charge is 0.314 e. The van der Waals surface area contributed by atoms with E-state index in [0.29, 0.717) is 6.04 Å². The number of likely N-dealkylation sites (N-methyl/N-ethyl adjacent to an activating group) is 1. The number of hydrogen-bond donors (Lipinski definition) is 1. The van der Waals surface area contributed by atoms with Crippen LogP contribution >= 0.6 is 11.3 Å². The highest BCUT2D eigenvalue weighted by molar-refractivity contribution is 7.10. The van der Waals surface area contributed by atoms with Gasteiger partial charge in [0.15, 0.2) is 0 Å². The summed E-state index contributed by atoms with van der Waals surface area (Å²) in [5.74, 6) is 0. The summed E-state index contributed by atoms with van der Waals surface area (Å²) < 4.78 is 0. The molecule has 1 saturated heterocycles. The SMILES string of the molecule is CN(C)C(c1cccs1)C(C)(C)N1CCNCC1. The third kappa shape index (κ3) is 2.77. The molecule has 1 N–H and O–H groups in total. The molecule has 18 heavy (non-hydrogen) atoms. The molecule has 3 nitrogen and oxygen atoms in total. The van der Waals surface area contributed by atoms with Crippen LogP contribution in [-0.2, 0) is 0 Å². The molecule has 1 aromatic heterocycles. The molecule has 0 aromatic carbocycles. The lowest BCUT2D eigenvalue weighted by atomic mass is 9.89. The number of nitrogens with zero attached hydrogens (tertiary/aromatic N) is 2. The lowest BCUT2D eigenvalue weighted by Gasteiger charge is -2.48. The normalized spacial score (nSPS) is 20.3. The van der Waals surface area contributed by atoms with Crippen LogP contribution in [-0.4, -0.2) is 55.6 Å². The number of rotatable bonds is 4. The van der Waals surface area contributed by atoms with Gasteiger partial charge in [0.05, 0.1) is 6.04 Å². The molecule has 1 aromatic rings. The Labute approximate surface area is 115 Å². The van der Waals surface area contributed by atoms with E-state index in [-0.39, 0.29) is 5.54 Å². The first kappa shape index (κ1) is 14.0. The predicted octanol–water partition coefficient (Wildman–Crippen LogP) is 2.03. The topological polar surface area (TPSA) is 18.5 Å². The Kier molecular flexibility index (Phi) is 4.43. The average Bonchev–Trinajstić information content (AvgIpc) is 2.83. The molecule has 0 bridgehead atoms. The van der Waals surface area contributed by atoms with Gasteiger partial charge in [0.25, 0.3) is 0 Å². The molecule has 1 unspecified atom stereocenters. The lowest BCUT2D eigenvalue weighted by Crippen LogP contribution is -2.58. The van der Waals surface area contributed by atoms with E-state index in [1.807, 2.05) is 11.3 Å². The molecular formula is C14H25N3S. The van der Waals surface area contributed by atoms with Gasteiger partial charge in [0.2, 0.25) is 0 Å². The van der Waals surface area contributed by atoms with Crippen molar-refractivity contribution in [1.82, 2.24) is 15.1 Å². The maximum Gasteiger partial charge on any atom is 0.0616 e. The predicted molar refractivity (Wildman–Crippen MR) is 79.3 cm³/mol. The van der Waals surface area contributed by atoms with Gasteiger partial charge < -0.3 is 10.2 Å². The van der Waals surface area contributed by atoms with Crippen molar-refractivity contribution in [2.45, 2.75) is 25.4 Å². The van der Waals surface area contributed by atoms with Crippen LogP contribution in [0.25, 0.3) is 0 Å². The first-order valence-corrected chi connectivity index (χ1v) is 7.57. The van der Waals surface area contributed by atoms with Gasteiger partial charge in [-0.1, -0.05) is 6.07 Å². The monoisotopic (exact) mass is 267 g/mol. The standard InChI is InChI=1S/C14H25N3S/c1-14(2,17-9-7-15-8-10-17)13(16(3)4)12-6-5-11-18-12/h5-6,11,13,15H,7-10H2,1-4H3. The Morgan fingerprint density at radius 3 is 2.50 bits per heavy atom. The smallest absolute Gasteiger partial charge is 0.0616 e. The quantitative estimate of drug-likeness (QED) is 0.900. The van der Waals surface area contributed by atoms with Crippen molar-refractivity contribution < 1.29 is 0 Å². The third-order valence-corrected chi connectivity index (χ3v) is 4.85. The Bertz CT molecular complexity index is 353. The average molecular weight is 267 g/mol. The van der Waals surface area contributed by atoms with Crippen molar-refractivity contribution in [1.29, 1.82) is 0 Å². The number of thiophene rings is 1. The molecule has 1 fully saturated rings. The van der Waals surface area contributed by atoms with Crippen molar-refractivity contribution in [3.8, 4) is 0 Å². The molecule has 0 saturated carbocycles. The highest BCUT2D eigenvalue weighted by atomic mass is 32.1. The van der Waals surface area contributed by atoms with E-state index in [1.165, 1.54) is 4.88 Å². The minimum absolute atomic E-state index is 0.163. The second-order valence-electron chi connectivity index (χ2n) is 5.77. The molecule has 2 rings (SSSR count). The minimum Gasteiger partial charge on any atom is -0.314 e. The zero-order valence-corrected chi connectivity index (χ0v) is 12.8. The summed E-state index contributed by atoms with van der Waals surface area (Å²) >= 11 is 1.87. The van der Waals surface area contributed by atoms with Crippen molar-refractivity contribution in [2.75, 3.05) is 40.3 Å². The number of piperazine rings is 1. The molecule has 102 valence electrons. The Morgan fingerprint density at radius 2 is 2.00 bits per heavy atom. The number of hydrogen-bond acceptors (Lipinski definition) is 4. The van der Waals surface area contributed by atoms with E-state index in [0.717, 1.165) is 26.2 Å². The fourth-order valence-electron chi connectivity index (χ4n) is 3.10.